The molecular formula is C13H22N2O3. The van der Waals surface area contributed by atoms with Gasteiger partial charge in [0.15, 0.2) is 0 Å². The second-order valence-electron chi connectivity index (χ2n) is 5.34. The van der Waals surface area contributed by atoms with Gasteiger partial charge in [0.25, 0.3) is 0 Å². The van der Waals surface area contributed by atoms with Gasteiger partial charge in [-0.15, -0.1) is 0 Å². The summed E-state index contributed by atoms with van der Waals surface area (Å²) in [5.74, 6) is 0.0332. The van der Waals surface area contributed by atoms with Gasteiger partial charge in [0.05, 0.1) is 19.2 Å². The average Bonchev–Trinajstić information content (AvgIpc) is 2.36. The van der Waals surface area contributed by atoms with Gasteiger partial charge < -0.3 is 15.0 Å². The normalized spacial score (nSPS) is 25.1. The average molecular weight is 254 g/mol. The van der Waals surface area contributed by atoms with E-state index < -0.39 is 5.54 Å². The summed E-state index contributed by atoms with van der Waals surface area (Å²) in [5.41, 5.74) is -0.620. The van der Waals surface area contributed by atoms with Crippen LogP contribution in [0.5, 0.6) is 0 Å². The molecule has 5 nitrogen and oxygen atoms in total. The summed E-state index contributed by atoms with van der Waals surface area (Å²) in [4.78, 5) is 26.3. The second kappa shape index (κ2) is 5.26. The number of ether oxygens (including phenoxy) is 1. The second-order valence-corrected chi connectivity index (χ2v) is 5.34. The van der Waals surface area contributed by atoms with E-state index in [9.17, 15) is 9.59 Å². The Morgan fingerprint density at radius 1 is 1.33 bits per heavy atom. The van der Waals surface area contributed by atoms with Crippen molar-refractivity contribution in [1.29, 1.82) is 0 Å². The number of hydrogen-bond acceptors (Lipinski definition) is 3. The minimum atomic E-state index is -0.620. The summed E-state index contributed by atoms with van der Waals surface area (Å²) in [6, 6.07) is -0.0494. The third-order valence-electron chi connectivity index (χ3n) is 4.08. The molecule has 2 aliphatic rings. The van der Waals surface area contributed by atoms with Gasteiger partial charge in [-0.05, 0) is 19.8 Å². The van der Waals surface area contributed by atoms with Crippen LogP contribution < -0.4 is 5.32 Å². The van der Waals surface area contributed by atoms with E-state index in [4.69, 9.17) is 4.74 Å². The molecule has 5 heteroatoms. The first kappa shape index (κ1) is 13.3. The molecular weight excluding hydrogens is 232 g/mol. The van der Waals surface area contributed by atoms with E-state index in [1.54, 1.807) is 12.0 Å². The van der Waals surface area contributed by atoms with Crippen molar-refractivity contribution in [2.24, 2.45) is 0 Å². The Balaban J connectivity index is 2.29. The highest BCUT2D eigenvalue weighted by Gasteiger charge is 2.51. The van der Waals surface area contributed by atoms with Crippen LogP contribution in [0.3, 0.4) is 0 Å². The lowest BCUT2D eigenvalue weighted by Crippen LogP contribution is -2.70. The summed E-state index contributed by atoms with van der Waals surface area (Å²) >= 11 is 0. The highest BCUT2D eigenvalue weighted by atomic mass is 16.5. The fourth-order valence-electron chi connectivity index (χ4n) is 3.34. The molecule has 0 bridgehead atoms. The van der Waals surface area contributed by atoms with Crippen LogP contribution in [-0.2, 0) is 14.3 Å². The molecule has 1 atom stereocenters. The predicted octanol–water partition coefficient (Wildman–Crippen LogP) is 0.683. The Morgan fingerprint density at radius 2 is 2.00 bits per heavy atom. The number of carbonyl (C=O) groups is 2. The van der Waals surface area contributed by atoms with Gasteiger partial charge in [-0.1, -0.05) is 19.3 Å². The molecule has 1 aliphatic heterocycles. The van der Waals surface area contributed by atoms with Gasteiger partial charge in [0.2, 0.25) is 11.8 Å². The molecule has 1 N–H and O–H groups in total. The number of methoxy groups -OCH3 is 1. The fraction of sp³-hybridized carbons (Fsp3) is 0.846. The molecule has 1 aliphatic carbocycles. The van der Waals surface area contributed by atoms with Crippen LogP contribution in [0.25, 0.3) is 0 Å². The topological polar surface area (TPSA) is 58.6 Å². The van der Waals surface area contributed by atoms with Crippen LogP contribution in [0.2, 0.25) is 0 Å². The quantitative estimate of drug-likeness (QED) is 0.806. The number of rotatable bonds is 3. The van der Waals surface area contributed by atoms with Crippen molar-refractivity contribution in [3.05, 3.63) is 0 Å². The fourth-order valence-corrected chi connectivity index (χ4v) is 3.34. The maximum absolute atomic E-state index is 12.3. The van der Waals surface area contributed by atoms with Crippen LogP contribution in [0.15, 0.2) is 0 Å². The van der Waals surface area contributed by atoms with E-state index in [0.29, 0.717) is 6.61 Å². The zero-order valence-corrected chi connectivity index (χ0v) is 11.2. The van der Waals surface area contributed by atoms with E-state index in [1.165, 1.54) is 0 Å². The van der Waals surface area contributed by atoms with Gasteiger partial charge in [0.1, 0.15) is 5.54 Å². The standard InChI is InChI=1S/C13H22N2O3/c1-10(9-18-2)15-11(16)8-14-12(17)13(15)6-4-3-5-7-13/h10H,3-9H2,1-2H3,(H,14,17). The third kappa shape index (κ3) is 2.11. The Morgan fingerprint density at radius 3 is 2.61 bits per heavy atom. The van der Waals surface area contributed by atoms with Crippen molar-refractivity contribution in [3.8, 4) is 0 Å². The van der Waals surface area contributed by atoms with E-state index in [1.807, 2.05) is 6.92 Å². The molecule has 1 heterocycles. The van der Waals surface area contributed by atoms with E-state index in [2.05, 4.69) is 5.32 Å². The number of hydrogen-bond donors (Lipinski definition) is 1. The van der Waals surface area contributed by atoms with E-state index in [-0.39, 0.29) is 24.4 Å². The Bertz CT molecular complexity index is 337. The lowest BCUT2D eigenvalue weighted by molar-refractivity contribution is -0.161. The van der Waals surface area contributed by atoms with E-state index >= 15 is 0 Å². The molecule has 0 aromatic heterocycles. The minimum Gasteiger partial charge on any atom is -0.383 e. The molecule has 18 heavy (non-hydrogen) atoms. The molecule has 2 rings (SSSR count). The van der Waals surface area contributed by atoms with Crippen molar-refractivity contribution in [1.82, 2.24) is 10.2 Å². The lowest BCUT2D eigenvalue weighted by atomic mass is 9.77. The summed E-state index contributed by atoms with van der Waals surface area (Å²) in [7, 11) is 1.62. The van der Waals surface area contributed by atoms with Gasteiger partial charge in [0, 0.05) is 7.11 Å². The maximum atomic E-state index is 12.3. The number of carbonyl (C=O) groups excluding carboxylic acids is 2. The first-order valence-corrected chi connectivity index (χ1v) is 6.71. The smallest absolute Gasteiger partial charge is 0.246 e. The molecule has 102 valence electrons. The molecule has 0 radical (unpaired) electrons. The van der Waals surface area contributed by atoms with Crippen LogP contribution in [0.4, 0.5) is 0 Å². The van der Waals surface area contributed by atoms with Crippen LogP contribution in [0, 0.1) is 0 Å². The number of nitrogens with one attached hydrogen (secondary N) is 1. The molecule has 0 aromatic rings. The van der Waals surface area contributed by atoms with Gasteiger partial charge in [-0.2, -0.15) is 0 Å². The number of nitrogens with zero attached hydrogens (tertiary/aromatic N) is 1. The molecule has 0 aromatic carbocycles. The molecule has 1 spiro atoms. The van der Waals surface area contributed by atoms with Crippen molar-refractivity contribution < 1.29 is 14.3 Å². The largest absolute Gasteiger partial charge is 0.383 e. The summed E-state index contributed by atoms with van der Waals surface area (Å²) in [6.07, 6.45) is 4.72. The van der Waals surface area contributed by atoms with Crippen LogP contribution in [-0.4, -0.2) is 48.6 Å². The van der Waals surface area contributed by atoms with E-state index in [0.717, 1.165) is 32.1 Å². The van der Waals surface area contributed by atoms with Crippen molar-refractivity contribution >= 4 is 11.8 Å². The summed E-state index contributed by atoms with van der Waals surface area (Å²) < 4.78 is 5.15. The molecule has 1 saturated heterocycles. The van der Waals surface area contributed by atoms with Crippen molar-refractivity contribution in [2.45, 2.75) is 50.6 Å². The third-order valence-corrected chi connectivity index (χ3v) is 4.08. The van der Waals surface area contributed by atoms with Gasteiger partial charge in [-0.25, -0.2) is 0 Å². The Kier molecular flexibility index (Phi) is 3.90. The van der Waals surface area contributed by atoms with Crippen LogP contribution in [0.1, 0.15) is 39.0 Å². The van der Waals surface area contributed by atoms with Gasteiger partial charge in [-0.3, -0.25) is 9.59 Å². The SMILES string of the molecule is COCC(C)N1C(=O)CNC(=O)C12CCCCC2. The minimum absolute atomic E-state index is 0.0149. The van der Waals surface area contributed by atoms with Crippen molar-refractivity contribution in [3.63, 3.8) is 0 Å². The number of amides is 2. The summed E-state index contributed by atoms with van der Waals surface area (Å²) in [6.45, 7) is 2.55. The monoisotopic (exact) mass is 254 g/mol. The zero-order chi connectivity index (χ0) is 13.2. The molecule has 1 saturated carbocycles. The Labute approximate surface area is 108 Å². The first-order chi connectivity index (χ1) is 8.62. The predicted molar refractivity (Wildman–Crippen MR) is 67.0 cm³/mol. The first-order valence-electron chi connectivity index (χ1n) is 6.71. The van der Waals surface area contributed by atoms with Crippen LogP contribution >= 0.6 is 0 Å². The molecule has 1 unspecified atom stereocenters. The zero-order valence-electron chi connectivity index (χ0n) is 11.2. The Hall–Kier alpha value is -1.10. The van der Waals surface area contributed by atoms with Gasteiger partial charge >= 0.3 is 0 Å². The maximum Gasteiger partial charge on any atom is 0.246 e. The number of piperazine rings is 1. The highest BCUT2D eigenvalue weighted by Crippen LogP contribution is 2.37. The summed E-state index contributed by atoms with van der Waals surface area (Å²) in [5, 5.41) is 2.75. The molecule has 2 fully saturated rings. The highest BCUT2D eigenvalue weighted by molar-refractivity contribution is 5.98. The molecule has 2 amide bonds. The van der Waals surface area contributed by atoms with Crippen molar-refractivity contribution in [2.75, 3.05) is 20.3 Å². The lowest BCUT2D eigenvalue weighted by Gasteiger charge is -2.50.